The summed E-state index contributed by atoms with van der Waals surface area (Å²) in [7, 11) is 0. The molecule has 3 rings (SSSR count). The Hall–Kier alpha value is -1.36. The van der Waals surface area contributed by atoms with E-state index in [9.17, 15) is 5.11 Å². The van der Waals surface area contributed by atoms with E-state index in [4.69, 9.17) is 4.98 Å². The van der Waals surface area contributed by atoms with Crippen LogP contribution in [0.4, 0.5) is 11.6 Å². The van der Waals surface area contributed by atoms with Crippen molar-refractivity contribution in [1.82, 2.24) is 9.97 Å². The Labute approximate surface area is 126 Å². The Morgan fingerprint density at radius 1 is 1.19 bits per heavy atom. The minimum atomic E-state index is 0.263. The summed E-state index contributed by atoms with van der Waals surface area (Å²) in [5.74, 6) is 3.71. The van der Waals surface area contributed by atoms with Crippen molar-refractivity contribution in [2.24, 2.45) is 5.92 Å². The topological polar surface area (TPSA) is 70.1 Å². The van der Waals surface area contributed by atoms with E-state index in [-0.39, 0.29) is 6.61 Å². The molecule has 1 aromatic rings. The Balaban J connectivity index is 1.74. The van der Waals surface area contributed by atoms with Crippen LogP contribution in [0, 0.1) is 5.92 Å². The van der Waals surface area contributed by atoms with Gasteiger partial charge in [-0.2, -0.15) is 0 Å². The van der Waals surface area contributed by atoms with Crippen molar-refractivity contribution in [1.29, 1.82) is 0 Å². The van der Waals surface area contributed by atoms with Crippen molar-refractivity contribution in [3.8, 4) is 0 Å². The summed E-state index contributed by atoms with van der Waals surface area (Å²) in [6.45, 7) is 3.35. The molecule has 0 spiro atoms. The Bertz CT molecular complexity index is 475. The van der Waals surface area contributed by atoms with E-state index in [2.05, 4.69) is 22.5 Å². The first-order valence-electron chi connectivity index (χ1n) is 8.30. The number of aliphatic hydroxyl groups is 1. The lowest BCUT2D eigenvalue weighted by atomic mass is 10.1. The molecule has 1 heterocycles. The molecule has 2 aliphatic carbocycles. The van der Waals surface area contributed by atoms with Crippen molar-refractivity contribution in [2.75, 3.05) is 23.8 Å². The van der Waals surface area contributed by atoms with E-state index in [1.165, 1.54) is 19.3 Å². The molecule has 2 fully saturated rings. The number of hydrogen-bond donors (Lipinski definition) is 3. The van der Waals surface area contributed by atoms with Crippen LogP contribution in [-0.4, -0.2) is 34.3 Å². The van der Waals surface area contributed by atoms with Gasteiger partial charge in [-0.1, -0.05) is 13.3 Å². The van der Waals surface area contributed by atoms with Crippen LogP contribution in [0.5, 0.6) is 0 Å². The second-order valence-electron chi connectivity index (χ2n) is 6.32. The van der Waals surface area contributed by atoms with E-state index in [0.717, 1.165) is 43.3 Å². The van der Waals surface area contributed by atoms with Crippen LogP contribution in [0.25, 0.3) is 0 Å². The third kappa shape index (κ3) is 3.64. The van der Waals surface area contributed by atoms with Gasteiger partial charge >= 0.3 is 0 Å². The fourth-order valence-corrected chi connectivity index (χ4v) is 3.04. The van der Waals surface area contributed by atoms with Gasteiger partial charge in [-0.05, 0) is 32.1 Å². The lowest BCUT2D eigenvalue weighted by molar-refractivity contribution is 0.222. The fourth-order valence-electron chi connectivity index (χ4n) is 3.04. The zero-order chi connectivity index (χ0) is 14.7. The highest BCUT2D eigenvalue weighted by Gasteiger charge is 2.29. The van der Waals surface area contributed by atoms with Crippen LogP contribution in [0.15, 0.2) is 6.07 Å². The first kappa shape index (κ1) is 14.6. The van der Waals surface area contributed by atoms with Gasteiger partial charge in [0, 0.05) is 37.1 Å². The number of rotatable bonds is 7. The van der Waals surface area contributed by atoms with Gasteiger partial charge in [0.2, 0.25) is 0 Å². The number of anilines is 2. The monoisotopic (exact) mass is 290 g/mol. The van der Waals surface area contributed by atoms with Crippen molar-refractivity contribution in [2.45, 2.75) is 57.4 Å². The molecule has 116 valence electrons. The largest absolute Gasteiger partial charge is 0.396 e. The maximum Gasteiger partial charge on any atom is 0.136 e. The molecule has 0 bridgehead atoms. The van der Waals surface area contributed by atoms with E-state index in [1.807, 2.05) is 6.07 Å². The van der Waals surface area contributed by atoms with Crippen molar-refractivity contribution in [3.63, 3.8) is 0 Å². The molecule has 0 aliphatic heterocycles. The van der Waals surface area contributed by atoms with Crippen molar-refractivity contribution in [3.05, 3.63) is 11.9 Å². The number of aliphatic hydroxyl groups excluding tert-OH is 1. The maximum absolute atomic E-state index is 9.45. The Morgan fingerprint density at radius 2 is 2.00 bits per heavy atom. The van der Waals surface area contributed by atoms with E-state index in [1.54, 1.807) is 0 Å². The fraction of sp³-hybridized carbons (Fsp3) is 0.750. The molecule has 0 saturated heterocycles. The number of nitrogens with zero attached hydrogens (tertiary/aromatic N) is 2. The Kier molecular flexibility index (Phi) is 4.58. The predicted molar refractivity (Wildman–Crippen MR) is 84.6 cm³/mol. The first-order chi connectivity index (χ1) is 10.3. The minimum Gasteiger partial charge on any atom is -0.396 e. The molecule has 2 saturated carbocycles. The van der Waals surface area contributed by atoms with Gasteiger partial charge in [0.1, 0.15) is 17.5 Å². The third-order valence-corrected chi connectivity index (χ3v) is 4.47. The SMILES string of the molecule is CCCNc1cc(NC2CCCC2CO)nc(C2CC2)n1. The van der Waals surface area contributed by atoms with Crippen LogP contribution < -0.4 is 10.6 Å². The average Bonchev–Trinajstić information content (AvgIpc) is 3.26. The van der Waals surface area contributed by atoms with Crippen LogP contribution >= 0.6 is 0 Å². The second-order valence-corrected chi connectivity index (χ2v) is 6.32. The third-order valence-electron chi connectivity index (χ3n) is 4.47. The highest BCUT2D eigenvalue weighted by molar-refractivity contribution is 5.49. The van der Waals surface area contributed by atoms with E-state index >= 15 is 0 Å². The normalized spacial score (nSPS) is 25.0. The second kappa shape index (κ2) is 6.60. The van der Waals surface area contributed by atoms with Gasteiger partial charge in [-0.3, -0.25) is 0 Å². The van der Waals surface area contributed by atoms with E-state index in [0.29, 0.717) is 17.9 Å². The minimum absolute atomic E-state index is 0.263. The summed E-state index contributed by atoms with van der Waals surface area (Å²) in [6.07, 6.45) is 6.91. The van der Waals surface area contributed by atoms with Crippen molar-refractivity contribution >= 4 is 11.6 Å². The molecule has 2 aliphatic rings. The first-order valence-corrected chi connectivity index (χ1v) is 8.30. The van der Waals surface area contributed by atoms with E-state index < -0.39 is 0 Å². The summed E-state index contributed by atoms with van der Waals surface area (Å²) in [5, 5.41) is 16.4. The average molecular weight is 290 g/mol. The molecule has 0 aromatic carbocycles. The summed E-state index contributed by atoms with van der Waals surface area (Å²) < 4.78 is 0. The molecular formula is C16H26N4O. The van der Waals surface area contributed by atoms with Crippen LogP contribution in [0.1, 0.15) is 57.2 Å². The lowest BCUT2D eigenvalue weighted by Gasteiger charge is -2.20. The van der Waals surface area contributed by atoms with Crippen molar-refractivity contribution < 1.29 is 5.11 Å². The molecule has 3 N–H and O–H groups in total. The van der Waals surface area contributed by atoms with Gasteiger partial charge in [0.25, 0.3) is 0 Å². The molecule has 21 heavy (non-hydrogen) atoms. The highest BCUT2D eigenvalue weighted by atomic mass is 16.3. The zero-order valence-corrected chi connectivity index (χ0v) is 12.8. The number of nitrogens with one attached hydrogen (secondary N) is 2. The van der Waals surface area contributed by atoms with Crippen LogP contribution in [0.3, 0.4) is 0 Å². The predicted octanol–water partition coefficient (Wildman–Crippen LogP) is 2.75. The van der Waals surface area contributed by atoms with Crippen LogP contribution in [-0.2, 0) is 0 Å². The summed E-state index contributed by atoms with van der Waals surface area (Å²) in [5.41, 5.74) is 0. The molecular weight excluding hydrogens is 264 g/mol. The molecule has 2 atom stereocenters. The molecule has 5 heteroatoms. The quantitative estimate of drug-likeness (QED) is 0.720. The zero-order valence-electron chi connectivity index (χ0n) is 12.8. The van der Waals surface area contributed by atoms with Gasteiger partial charge in [-0.25, -0.2) is 9.97 Å². The maximum atomic E-state index is 9.45. The summed E-state index contributed by atoms with van der Waals surface area (Å²) >= 11 is 0. The standard InChI is InChI=1S/C16H26N4O/c1-2-8-17-14-9-15(20-16(19-14)11-6-7-11)18-13-5-3-4-12(13)10-21/h9,11-13,21H,2-8,10H2,1H3,(H2,17,18,19,20). The van der Waals surface area contributed by atoms with Gasteiger partial charge in [0.05, 0.1) is 0 Å². The smallest absolute Gasteiger partial charge is 0.136 e. The number of hydrogen-bond acceptors (Lipinski definition) is 5. The summed E-state index contributed by atoms with van der Waals surface area (Å²) in [6, 6.07) is 2.35. The summed E-state index contributed by atoms with van der Waals surface area (Å²) in [4.78, 5) is 9.33. The van der Waals surface area contributed by atoms with Gasteiger partial charge in [0.15, 0.2) is 0 Å². The molecule has 1 aromatic heterocycles. The molecule has 2 unspecified atom stereocenters. The Morgan fingerprint density at radius 3 is 2.71 bits per heavy atom. The lowest BCUT2D eigenvalue weighted by Crippen LogP contribution is -2.27. The van der Waals surface area contributed by atoms with Gasteiger partial charge in [-0.15, -0.1) is 0 Å². The van der Waals surface area contributed by atoms with Gasteiger partial charge < -0.3 is 15.7 Å². The van der Waals surface area contributed by atoms with Crippen LogP contribution in [0.2, 0.25) is 0 Å². The molecule has 5 nitrogen and oxygen atoms in total. The molecule has 0 radical (unpaired) electrons. The molecule has 0 amide bonds. The number of aromatic nitrogens is 2. The highest BCUT2D eigenvalue weighted by Crippen LogP contribution is 2.39.